The third kappa shape index (κ3) is 3.67. The summed E-state index contributed by atoms with van der Waals surface area (Å²) in [5, 5.41) is 5.59. The lowest BCUT2D eigenvalue weighted by Gasteiger charge is -2.22. The molecule has 4 rings (SSSR count). The molecule has 5 nitrogen and oxygen atoms in total. The number of hydrogen-bond acceptors (Lipinski definition) is 4. The zero-order valence-electron chi connectivity index (χ0n) is 15.8. The monoisotopic (exact) mass is 395 g/mol. The Morgan fingerprint density at radius 1 is 1.18 bits per heavy atom. The number of halogens is 1. The molecule has 6 heteroatoms. The Bertz CT molecular complexity index is 1080. The molecule has 28 heavy (non-hydrogen) atoms. The topological polar surface area (TPSA) is 56.5 Å². The Kier molecular flexibility index (Phi) is 5.44. The number of ether oxygens (including phenoxy) is 1. The first kappa shape index (κ1) is 18.7. The maximum absolute atomic E-state index is 13.1. The van der Waals surface area contributed by atoms with E-state index in [1.807, 2.05) is 24.3 Å². The molecule has 1 aromatic heterocycles. The zero-order valence-corrected chi connectivity index (χ0v) is 16.5. The Balaban J connectivity index is 1.81. The van der Waals surface area contributed by atoms with E-state index in [0.717, 1.165) is 42.6 Å². The Morgan fingerprint density at radius 3 is 2.71 bits per heavy atom. The number of hydrogen-bond donors (Lipinski definition) is 0. The summed E-state index contributed by atoms with van der Waals surface area (Å²) in [4.78, 5) is 18.0. The van der Waals surface area contributed by atoms with Gasteiger partial charge in [-0.05, 0) is 48.7 Å². The van der Waals surface area contributed by atoms with E-state index >= 15 is 0 Å². The summed E-state index contributed by atoms with van der Waals surface area (Å²) in [6, 6.07) is 12.9. The molecule has 144 valence electrons. The van der Waals surface area contributed by atoms with Crippen molar-refractivity contribution in [3.05, 3.63) is 69.2 Å². The Morgan fingerprint density at radius 2 is 1.96 bits per heavy atom. The SMILES string of the molecule is COc1ccc(C=Nn2c(C3CCCCC3)nc3ccccc3c2=O)cc1Cl. The molecule has 1 aliphatic carbocycles. The lowest BCUT2D eigenvalue weighted by atomic mass is 9.88. The van der Waals surface area contributed by atoms with E-state index in [2.05, 4.69) is 5.10 Å². The van der Waals surface area contributed by atoms with Gasteiger partial charge < -0.3 is 4.74 Å². The predicted molar refractivity (Wildman–Crippen MR) is 113 cm³/mol. The van der Waals surface area contributed by atoms with Gasteiger partial charge in [0.1, 0.15) is 11.6 Å². The fraction of sp³-hybridized carbons (Fsp3) is 0.318. The fourth-order valence-corrected chi connectivity index (χ4v) is 4.03. The first-order valence-corrected chi connectivity index (χ1v) is 9.95. The summed E-state index contributed by atoms with van der Waals surface area (Å²) < 4.78 is 6.66. The molecule has 2 aromatic carbocycles. The maximum atomic E-state index is 13.1. The highest BCUT2D eigenvalue weighted by molar-refractivity contribution is 6.32. The second-order valence-electron chi connectivity index (χ2n) is 7.08. The highest BCUT2D eigenvalue weighted by Gasteiger charge is 2.22. The first-order valence-electron chi connectivity index (χ1n) is 9.57. The normalized spacial score (nSPS) is 15.4. The second-order valence-corrected chi connectivity index (χ2v) is 7.48. The highest BCUT2D eigenvalue weighted by atomic mass is 35.5. The van der Waals surface area contributed by atoms with Crippen LogP contribution in [0.1, 0.15) is 49.4 Å². The van der Waals surface area contributed by atoms with Gasteiger partial charge in [0.25, 0.3) is 5.56 Å². The number of aromatic nitrogens is 2. The van der Waals surface area contributed by atoms with Crippen LogP contribution in [0.15, 0.2) is 52.4 Å². The molecule has 1 saturated carbocycles. The van der Waals surface area contributed by atoms with E-state index in [1.54, 1.807) is 31.5 Å². The molecule has 0 unspecified atom stereocenters. The fourth-order valence-electron chi connectivity index (χ4n) is 3.76. The molecule has 0 atom stereocenters. The van der Waals surface area contributed by atoms with Gasteiger partial charge in [-0.2, -0.15) is 9.78 Å². The van der Waals surface area contributed by atoms with Crippen LogP contribution in [0.4, 0.5) is 0 Å². The van der Waals surface area contributed by atoms with Crippen molar-refractivity contribution in [2.75, 3.05) is 7.11 Å². The molecule has 0 bridgehead atoms. The number of para-hydroxylation sites is 1. The van der Waals surface area contributed by atoms with Gasteiger partial charge in [-0.15, -0.1) is 0 Å². The van der Waals surface area contributed by atoms with Crippen LogP contribution >= 0.6 is 11.6 Å². The van der Waals surface area contributed by atoms with Gasteiger partial charge in [-0.1, -0.05) is 43.0 Å². The van der Waals surface area contributed by atoms with Crippen LogP contribution < -0.4 is 10.3 Å². The number of fused-ring (bicyclic) bond motifs is 1. The molecule has 0 amide bonds. The first-order chi connectivity index (χ1) is 13.7. The molecule has 0 radical (unpaired) electrons. The van der Waals surface area contributed by atoms with Gasteiger partial charge in [0.15, 0.2) is 0 Å². The van der Waals surface area contributed by atoms with Gasteiger partial charge in [-0.25, -0.2) is 4.98 Å². The summed E-state index contributed by atoms with van der Waals surface area (Å²) in [5.74, 6) is 1.60. The van der Waals surface area contributed by atoms with Crippen LogP contribution in [0, 0.1) is 0 Å². The van der Waals surface area contributed by atoms with Crippen LogP contribution in [0.5, 0.6) is 5.75 Å². The summed E-state index contributed by atoms with van der Waals surface area (Å²) >= 11 is 6.21. The van der Waals surface area contributed by atoms with E-state index in [1.165, 1.54) is 11.1 Å². The highest BCUT2D eigenvalue weighted by Crippen LogP contribution is 2.31. The molecule has 0 N–H and O–H groups in total. The van der Waals surface area contributed by atoms with Gasteiger partial charge in [0.05, 0.1) is 29.2 Å². The quantitative estimate of drug-likeness (QED) is 0.585. The van der Waals surface area contributed by atoms with E-state index in [9.17, 15) is 4.79 Å². The van der Waals surface area contributed by atoms with E-state index in [4.69, 9.17) is 21.3 Å². The van der Waals surface area contributed by atoms with Gasteiger partial charge in [0.2, 0.25) is 0 Å². The van der Waals surface area contributed by atoms with Crippen molar-refractivity contribution in [2.24, 2.45) is 5.10 Å². The zero-order chi connectivity index (χ0) is 19.5. The minimum absolute atomic E-state index is 0.137. The van der Waals surface area contributed by atoms with Crippen molar-refractivity contribution in [1.29, 1.82) is 0 Å². The van der Waals surface area contributed by atoms with E-state index in [0.29, 0.717) is 16.2 Å². The van der Waals surface area contributed by atoms with Crippen LogP contribution in [-0.4, -0.2) is 23.0 Å². The van der Waals surface area contributed by atoms with Crippen LogP contribution in [-0.2, 0) is 0 Å². The Hall–Kier alpha value is -2.66. The lowest BCUT2D eigenvalue weighted by molar-refractivity contribution is 0.415. The van der Waals surface area contributed by atoms with Crippen LogP contribution in [0.25, 0.3) is 10.9 Å². The van der Waals surface area contributed by atoms with Crippen molar-refractivity contribution in [2.45, 2.75) is 38.0 Å². The lowest BCUT2D eigenvalue weighted by Crippen LogP contribution is -2.25. The molecule has 1 fully saturated rings. The van der Waals surface area contributed by atoms with E-state index in [-0.39, 0.29) is 11.5 Å². The van der Waals surface area contributed by atoms with Crippen molar-refractivity contribution in [1.82, 2.24) is 9.66 Å². The van der Waals surface area contributed by atoms with E-state index < -0.39 is 0 Å². The van der Waals surface area contributed by atoms with Crippen molar-refractivity contribution in [3.8, 4) is 5.75 Å². The summed E-state index contributed by atoms with van der Waals surface area (Å²) in [5.41, 5.74) is 1.38. The predicted octanol–water partition coefficient (Wildman–Crippen LogP) is 4.99. The second kappa shape index (κ2) is 8.15. The molecule has 1 heterocycles. The molecular formula is C22H22ClN3O2. The Labute approximate surface area is 168 Å². The number of rotatable bonds is 4. The number of methoxy groups -OCH3 is 1. The maximum Gasteiger partial charge on any atom is 0.282 e. The van der Waals surface area contributed by atoms with Crippen molar-refractivity contribution < 1.29 is 4.74 Å². The molecule has 3 aromatic rings. The molecule has 0 spiro atoms. The average Bonchev–Trinajstić information content (AvgIpc) is 2.74. The van der Waals surface area contributed by atoms with Crippen molar-refractivity contribution in [3.63, 3.8) is 0 Å². The molecule has 0 saturated heterocycles. The summed E-state index contributed by atoms with van der Waals surface area (Å²) in [6.07, 6.45) is 7.27. The van der Waals surface area contributed by atoms with Gasteiger partial charge in [-0.3, -0.25) is 4.79 Å². The summed E-state index contributed by atoms with van der Waals surface area (Å²) in [6.45, 7) is 0. The summed E-state index contributed by atoms with van der Waals surface area (Å²) in [7, 11) is 1.58. The number of nitrogens with zero attached hydrogens (tertiary/aromatic N) is 3. The van der Waals surface area contributed by atoms with Crippen molar-refractivity contribution >= 4 is 28.7 Å². The minimum Gasteiger partial charge on any atom is -0.495 e. The molecule has 1 aliphatic rings. The van der Waals surface area contributed by atoms with Crippen LogP contribution in [0.2, 0.25) is 5.02 Å². The number of benzene rings is 2. The molecule has 0 aliphatic heterocycles. The third-order valence-electron chi connectivity index (χ3n) is 5.25. The third-order valence-corrected chi connectivity index (χ3v) is 5.54. The minimum atomic E-state index is -0.137. The van der Waals surface area contributed by atoms with Gasteiger partial charge in [0, 0.05) is 5.92 Å². The molecular weight excluding hydrogens is 374 g/mol. The standard InChI is InChI=1S/C22H22ClN3O2/c1-28-20-12-11-15(13-18(20)23)14-24-26-21(16-7-3-2-4-8-16)25-19-10-6-5-9-17(19)22(26)27/h5-6,9-14,16H,2-4,7-8H2,1H3. The smallest absolute Gasteiger partial charge is 0.282 e. The van der Waals surface area contributed by atoms with Gasteiger partial charge >= 0.3 is 0 Å². The largest absolute Gasteiger partial charge is 0.495 e. The average molecular weight is 396 g/mol. The van der Waals surface area contributed by atoms with Crippen LogP contribution in [0.3, 0.4) is 0 Å².